The zero-order valence-corrected chi connectivity index (χ0v) is 16.2. The maximum Gasteiger partial charge on any atom is 0.345 e. The third-order valence-electron chi connectivity index (χ3n) is 6.15. The number of hydrogen-bond acceptors (Lipinski definition) is 4. The quantitative estimate of drug-likeness (QED) is 0.523. The molecule has 0 bridgehead atoms. The number of carbonyl (C=O) groups is 1. The van der Waals surface area contributed by atoms with Crippen LogP contribution in [0.15, 0.2) is 18.2 Å². The van der Waals surface area contributed by atoms with Crippen molar-refractivity contribution in [3.8, 4) is 0 Å². The fraction of sp³-hybridized carbons (Fsp3) is 0.650. The zero-order valence-electron chi connectivity index (χ0n) is 16.2. The van der Waals surface area contributed by atoms with Gasteiger partial charge in [0.15, 0.2) is 0 Å². The molecule has 0 amide bonds. The second-order valence-corrected chi connectivity index (χ2v) is 7.73. The fourth-order valence-corrected chi connectivity index (χ4v) is 4.49. The molecule has 2 heterocycles. The van der Waals surface area contributed by atoms with Crippen LogP contribution in [0.5, 0.6) is 0 Å². The number of methoxy groups -OCH3 is 1. The van der Waals surface area contributed by atoms with Crippen LogP contribution in [-0.4, -0.2) is 80.2 Å². The molecule has 4 nitrogen and oxygen atoms in total. The van der Waals surface area contributed by atoms with Crippen molar-refractivity contribution in [1.82, 2.24) is 9.80 Å². The SMILES string of the molecule is COC(=O)[C@]1(F)CN(C2CCN(C(CF)CF)CC2)C[C@H]1c1ccc(F)cc1F. The summed E-state index contributed by atoms with van der Waals surface area (Å²) in [5.74, 6) is -3.93. The third kappa shape index (κ3) is 4.26. The molecule has 0 N–H and O–H groups in total. The Kier molecular flexibility index (Phi) is 6.78. The summed E-state index contributed by atoms with van der Waals surface area (Å²) in [7, 11) is 1.07. The maximum atomic E-state index is 15.8. The first kappa shape index (κ1) is 22.0. The Bertz CT molecular complexity index is 725. The Morgan fingerprint density at radius 3 is 2.45 bits per heavy atom. The smallest absolute Gasteiger partial charge is 0.345 e. The Morgan fingerprint density at radius 1 is 1.24 bits per heavy atom. The Morgan fingerprint density at radius 2 is 1.90 bits per heavy atom. The third-order valence-corrected chi connectivity index (χ3v) is 6.15. The first-order valence-electron chi connectivity index (χ1n) is 9.66. The van der Waals surface area contributed by atoms with Crippen LogP contribution in [0, 0.1) is 11.6 Å². The number of carbonyl (C=O) groups excluding carboxylic acids is 1. The Balaban J connectivity index is 1.78. The van der Waals surface area contributed by atoms with Gasteiger partial charge in [-0.25, -0.2) is 26.7 Å². The van der Waals surface area contributed by atoms with Gasteiger partial charge >= 0.3 is 5.97 Å². The van der Waals surface area contributed by atoms with E-state index in [1.54, 1.807) is 9.80 Å². The molecular weight excluding hydrogens is 395 g/mol. The van der Waals surface area contributed by atoms with Crippen molar-refractivity contribution in [2.24, 2.45) is 0 Å². The summed E-state index contributed by atoms with van der Waals surface area (Å²) in [6, 6.07) is 1.98. The first-order valence-corrected chi connectivity index (χ1v) is 9.66. The van der Waals surface area contributed by atoms with Gasteiger partial charge in [0.2, 0.25) is 5.67 Å². The molecule has 2 aliphatic rings. The molecular formula is C20H25F5N2O2. The van der Waals surface area contributed by atoms with E-state index in [1.165, 1.54) is 0 Å². The van der Waals surface area contributed by atoms with E-state index in [9.17, 15) is 22.4 Å². The predicted octanol–water partition coefficient (Wildman–Crippen LogP) is 3.02. The summed E-state index contributed by atoms with van der Waals surface area (Å²) in [5, 5.41) is 0. The summed E-state index contributed by atoms with van der Waals surface area (Å²) in [5.41, 5.74) is -2.54. The van der Waals surface area contributed by atoms with Crippen LogP contribution in [0.2, 0.25) is 0 Å². The maximum absolute atomic E-state index is 15.8. The summed E-state index contributed by atoms with van der Waals surface area (Å²) < 4.78 is 73.9. The minimum absolute atomic E-state index is 0.0640. The van der Waals surface area contributed by atoms with E-state index in [0.29, 0.717) is 32.0 Å². The Hall–Kier alpha value is -1.74. The topological polar surface area (TPSA) is 32.8 Å². The summed E-state index contributed by atoms with van der Waals surface area (Å²) in [6.45, 7) is -0.852. The van der Waals surface area contributed by atoms with Gasteiger partial charge in [0, 0.05) is 44.2 Å². The van der Waals surface area contributed by atoms with Crippen LogP contribution in [-0.2, 0) is 9.53 Å². The highest BCUT2D eigenvalue weighted by atomic mass is 19.2. The van der Waals surface area contributed by atoms with E-state index >= 15 is 4.39 Å². The number of alkyl halides is 3. The molecule has 0 unspecified atom stereocenters. The largest absolute Gasteiger partial charge is 0.467 e. The van der Waals surface area contributed by atoms with E-state index in [1.807, 2.05) is 0 Å². The van der Waals surface area contributed by atoms with E-state index in [0.717, 1.165) is 19.2 Å². The van der Waals surface area contributed by atoms with E-state index in [-0.39, 0.29) is 24.7 Å². The molecule has 3 rings (SSSR count). The van der Waals surface area contributed by atoms with Crippen LogP contribution in [0.3, 0.4) is 0 Å². The fourth-order valence-electron chi connectivity index (χ4n) is 4.49. The standard InChI is InChI=1S/C20H25F5N2O2/c1-29-19(28)20(25)12-27(11-17(20)16-3-2-13(23)8-18(16)24)14-4-6-26(7-5-14)15(9-21)10-22/h2-3,8,14-15,17H,4-7,9-12H2,1H3/t17-,20-/m0/s1. The minimum Gasteiger partial charge on any atom is -0.467 e. The number of rotatable bonds is 6. The lowest BCUT2D eigenvalue weighted by atomic mass is 9.86. The number of esters is 1. The van der Waals surface area contributed by atoms with Gasteiger partial charge in [-0.3, -0.25) is 9.80 Å². The number of hydrogen-bond donors (Lipinski definition) is 0. The van der Waals surface area contributed by atoms with Crippen molar-refractivity contribution in [2.75, 3.05) is 46.6 Å². The molecule has 162 valence electrons. The van der Waals surface area contributed by atoms with Gasteiger partial charge in [-0.05, 0) is 24.5 Å². The molecule has 29 heavy (non-hydrogen) atoms. The average Bonchev–Trinajstić information content (AvgIpc) is 3.07. The van der Waals surface area contributed by atoms with Crippen LogP contribution in [0.4, 0.5) is 22.0 Å². The number of ether oxygens (including phenoxy) is 1. The van der Waals surface area contributed by atoms with Crippen LogP contribution < -0.4 is 0 Å². The second kappa shape index (κ2) is 8.95. The lowest BCUT2D eigenvalue weighted by Gasteiger charge is -2.39. The zero-order chi connectivity index (χ0) is 21.2. The van der Waals surface area contributed by atoms with Crippen molar-refractivity contribution in [2.45, 2.75) is 36.5 Å². The van der Waals surface area contributed by atoms with Crippen LogP contribution in [0.25, 0.3) is 0 Å². The number of likely N-dealkylation sites (tertiary alicyclic amines) is 2. The first-order chi connectivity index (χ1) is 13.8. The lowest BCUT2D eigenvalue weighted by molar-refractivity contribution is -0.155. The van der Waals surface area contributed by atoms with Crippen molar-refractivity contribution in [1.29, 1.82) is 0 Å². The minimum atomic E-state index is -2.47. The molecule has 2 aliphatic heterocycles. The van der Waals surface area contributed by atoms with Crippen molar-refractivity contribution < 1.29 is 31.5 Å². The van der Waals surface area contributed by atoms with Gasteiger partial charge in [-0.2, -0.15) is 0 Å². The normalized spacial score (nSPS) is 26.9. The van der Waals surface area contributed by atoms with Crippen LogP contribution >= 0.6 is 0 Å². The van der Waals surface area contributed by atoms with Crippen molar-refractivity contribution in [3.05, 3.63) is 35.4 Å². The van der Waals surface area contributed by atoms with Crippen LogP contribution in [0.1, 0.15) is 24.3 Å². The molecule has 2 fully saturated rings. The molecule has 0 spiro atoms. The van der Waals surface area contributed by atoms with E-state index in [4.69, 9.17) is 0 Å². The average molecular weight is 420 g/mol. The van der Waals surface area contributed by atoms with E-state index < -0.39 is 48.6 Å². The Labute approximate surface area is 166 Å². The van der Waals surface area contributed by atoms with Gasteiger partial charge in [-0.1, -0.05) is 6.07 Å². The predicted molar refractivity (Wildman–Crippen MR) is 96.9 cm³/mol. The number of nitrogens with zero attached hydrogens (tertiary/aromatic N) is 2. The summed E-state index contributed by atoms with van der Waals surface area (Å²) in [4.78, 5) is 15.7. The lowest BCUT2D eigenvalue weighted by Crippen LogP contribution is -2.50. The highest BCUT2D eigenvalue weighted by molar-refractivity contribution is 5.82. The van der Waals surface area contributed by atoms with Crippen molar-refractivity contribution >= 4 is 5.97 Å². The summed E-state index contributed by atoms with van der Waals surface area (Å²) >= 11 is 0. The number of halogens is 5. The molecule has 2 saturated heterocycles. The monoisotopic (exact) mass is 420 g/mol. The van der Waals surface area contributed by atoms with Gasteiger partial charge in [0.25, 0.3) is 0 Å². The summed E-state index contributed by atoms with van der Waals surface area (Å²) in [6.07, 6.45) is 1.10. The molecule has 0 saturated carbocycles. The number of benzene rings is 1. The van der Waals surface area contributed by atoms with Gasteiger partial charge in [0.05, 0.1) is 13.2 Å². The second-order valence-electron chi connectivity index (χ2n) is 7.73. The molecule has 0 aliphatic carbocycles. The molecule has 2 atom stereocenters. The molecule has 1 aromatic rings. The highest BCUT2D eigenvalue weighted by Gasteiger charge is 2.56. The van der Waals surface area contributed by atoms with E-state index in [2.05, 4.69) is 4.74 Å². The molecule has 0 aromatic heterocycles. The molecule has 9 heteroatoms. The molecule has 0 radical (unpaired) electrons. The van der Waals surface area contributed by atoms with Gasteiger partial charge in [-0.15, -0.1) is 0 Å². The number of piperidine rings is 1. The van der Waals surface area contributed by atoms with Gasteiger partial charge < -0.3 is 4.74 Å². The van der Waals surface area contributed by atoms with Crippen molar-refractivity contribution in [3.63, 3.8) is 0 Å². The highest BCUT2D eigenvalue weighted by Crippen LogP contribution is 2.43. The molecule has 1 aromatic carbocycles. The van der Waals surface area contributed by atoms with Gasteiger partial charge in [0.1, 0.15) is 25.0 Å².